The predicted molar refractivity (Wildman–Crippen MR) is 97.9 cm³/mol. The van der Waals surface area contributed by atoms with Crippen molar-refractivity contribution in [2.75, 3.05) is 32.9 Å². The van der Waals surface area contributed by atoms with Crippen LogP contribution in [0, 0.1) is 5.92 Å². The van der Waals surface area contributed by atoms with Gasteiger partial charge in [0.05, 0.1) is 18.5 Å². The van der Waals surface area contributed by atoms with Gasteiger partial charge in [-0.05, 0) is 24.7 Å². The number of rotatable bonds is 6. The minimum absolute atomic E-state index is 0.340. The van der Waals surface area contributed by atoms with E-state index in [2.05, 4.69) is 34.6 Å². The van der Waals surface area contributed by atoms with Crippen LogP contribution in [-0.4, -0.2) is 56.8 Å². The van der Waals surface area contributed by atoms with Crippen LogP contribution in [0.4, 0.5) is 0 Å². The highest BCUT2D eigenvalue weighted by Crippen LogP contribution is 2.18. The van der Waals surface area contributed by atoms with Crippen LogP contribution < -0.4 is 10.6 Å². The molecule has 1 fully saturated rings. The Hall–Kier alpha value is -1.61. The number of aliphatic imine (C=N–C) groups is 1. The third-order valence-electron chi connectivity index (χ3n) is 4.42. The molecular weight excluding hydrogens is 342 g/mol. The summed E-state index contributed by atoms with van der Waals surface area (Å²) in [6.45, 7) is 6.62. The maximum absolute atomic E-state index is 11.5. The maximum Gasteiger partial charge on any atom is 0.211 e. The summed E-state index contributed by atoms with van der Waals surface area (Å²) in [4.78, 5) is 4.21. The van der Waals surface area contributed by atoms with Crippen molar-refractivity contribution in [3.63, 3.8) is 0 Å². The van der Waals surface area contributed by atoms with Crippen molar-refractivity contribution in [1.82, 2.24) is 20.1 Å². The quantitative estimate of drug-likeness (QED) is 0.574. The molecule has 2 heterocycles. The van der Waals surface area contributed by atoms with Gasteiger partial charge in [-0.2, -0.15) is 0 Å². The van der Waals surface area contributed by atoms with E-state index in [1.54, 1.807) is 11.4 Å². The van der Waals surface area contributed by atoms with Crippen LogP contribution in [0.1, 0.15) is 44.1 Å². The molecule has 0 atom stereocenters. The van der Waals surface area contributed by atoms with Crippen molar-refractivity contribution >= 4 is 16.0 Å². The highest BCUT2D eigenvalue weighted by Gasteiger charge is 2.24. The number of hydrogen-bond acceptors (Lipinski definition) is 5. The average Bonchev–Trinajstić information content (AvgIpc) is 3.04. The number of nitrogens with one attached hydrogen (secondary N) is 2. The Kier molecular flexibility index (Phi) is 6.83. The molecule has 0 spiro atoms. The van der Waals surface area contributed by atoms with Crippen molar-refractivity contribution in [2.24, 2.45) is 10.9 Å². The Balaban J connectivity index is 1.73. The highest BCUT2D eigenvalue weighted by atomic mass is 32.2. The molecule has 0 aromatic carbocycles. The smallest absolute Gasteiger partial charge is 0.211 e. The lowest BCUT2D eigenvalue weighted by molar-refractivity contribution is 0.274. The van der Waals surface area contributed by atoms with Crippen LogP contribution in [0.3, 0.4) is 0 Å². The number of guanidine groups is 1. The van der Waals surface area contributed by atoms with Crippen LogP contribution >= 0.6 is 0 Å². The van der Waals surface area contributed by atoms with E-state index < -0.39 is 10.0 Å². The van der Waals surface area contributed by atoms with Crippen molar-refractivity contribution < 1.29 is 12.9 Å². The monoisotopic (exact) mass is 371 g/mol. The molecule has 2 N–H and O–H groups in total. The molecule has 0 radical (unpaired) electrons. The van der Waals surface area contributed by atoms with Crippen LogP contribution in [0.2, 0.25) is 0 Å². The Morgan fingerprint density at radius 2 is 2.08 bits per heavy atom. The van der Waals surface area contributed by atoms with Crippen LogP contribution in [0.15, 0.2) is 15.6 Å². The second kappa shape index (κ2) is 8.66. The van der Waals surface area contributed by atoms with Gasteiger partial charge in [-0.25, -0.2) is 12.7 Å². The van der Waals surface area contributed by atoms with Gasteiger partial charge in [0, 0.05) is 32.7 Å². The minimum Gasteiger partial charge on any atom is -0.359 e. The summed E-state index contributed by atoms with van der Waals surface area (Å²) in [6, 6.07) is 1.95. The molecule has 8 nitrogen and oxygen atoms in total. The molecule has 142 valence electrons. The second-order valence-electron chi connectivity index (χ2n) is 6.78. The summed E-state index contributed by atoms with van der Waals surface area (Å²) < 4.78 is 29.9. The van der Waals surface area contributed by atoms with E-state index in [4.69, 9.17) is 4.52 Å². The molecule has 2 rings (SSSR count). The molecule has 1 aromatic rings. The molecule has 1 saturated heterocycles. The van der Waals surface area contributed by atoms with E-state index in [0.717, 1.165) is 30.8 Å². The Labute approximate surface area is 150 Å². The largest absolute Gasteiger partial charge is 0.359 e. The number of sulfonamides is 1. The van der Waals surface area contributed by atoms with Crippen LogP contribution in [0.25, 0.3) is 0 Å². The number of piperidine rings is 1. The maximum atomic E-state index is 11.5. The zero-order chi connectivity index (χ0) is 18.4. The average molecular weight is 372 g/mol. The lowest BCUT2D eigenvalue weighted by Crippen LogP contribution is -2.43. The zero-order valence-electron chi connectivity index (χ0n) is 15.4. The zero-order valence-corrected chi connectivity index (χ0v) is 16.3. The standard InChI is InChI=1S/C16H29N5O3S/c1-12(2)15-9-14(24-20-15)11-19-16(17-3)18-10-13-5-7-21(8-6-13)25(4,22)23/h9,12-13H,5-8,10-11H2,1-4H3,(H2,17,18,19). The van der Waals surface area contributed by atoms with E-state index in [1.807, 2.05) is 6.07 Å². The summed E-state index contributed by atoms with van der Waals surface area (Å²) in [5.41, 5.74) is 0.942. The molecule has 1 aliphatic heterocycles. The topological polar surface area (TPSA) is 99.8 Å². The second-order valence-corrected chi connectivity index (χ2v) is 8.77. The molecule has 0 saturated carbocycles. The van der Waals surface area contributed by atoms with Crippen molar-refractivity contribution in [1.29, 1.82) is 0 Å². The van der Waals surface area contributed by atoms with E-state index in [9.17, 15) is 8.42 Å². The van der Waals surface area contributed by atoms with Gasteiger partial charge in [0.15, 0.2) is 11.7 Å². The molecular formula is C16H29N5O3S. The molecule has 1 aromatic heterocycles. The molecule has 0 unspecified atom stereocenters. The summed E-state index contributed by atoms with van der Waals surface area (Å²) in [5.74, 6) is 2.25. The lowest BCUT2D eigenvalue weighted by atomic mass is 9.98. The first-order valence-electron chi connectivity index (χ1n) is 8.64. The summed E-state index contributed by atoms with van der Waals surface area (Å²) in [5, 5.41) is 10.5. The first kappa shape index (κ1) is 19.7. The van der Waals surface area contributed by atoms with E-state index >= 15 is 0 Å². The van der Waals surface area contributed by atoms with E-state index in [1.165, 1.54) is 6.26 Å². The number of hydrogen-bond donors (Lipinski definition) is 2. The van der Waals surface area contributed by atoms with Gasteiger partial charge in [-0.3, -0.25) is 4.99 Å². The fourth-order valence-corrected chi connectivity index (χ4v) is 3.64. The minimum atomic E-state index is -3.07. The van der Waals surface area contributed by atoms with Crippen molar-refractivity contribution in [3.8, 4) is 0 Å². The van der Waals surface area contributed by atoms with Crippen molar-refractivity contribution in [3.05, 3.63) is 17.5 Å². The Morgan fingerprint density at radius 3 is 2.60 bits per heavy atom. The van der Waals surface area contributed by atoms with Gasteiger partial charge in [0.1, 0.15) is 0 Å². The van der Waals surface area contributed by atoms with Crippen LogP contribution in [-0.2, 0) is 16.6 Å². The number of aromatic nitrogens is 1. The van der Waals surface area contributed by atoms with Gasteiger partial charge in [0.2, 0.25) is 10.0 Å². The molecule has 0 aliphatic carbocycles. The van der Waals surface area contributed by atoms with Gasteiger partial charge in [-0.15, -0.1) is 0 Å². The third-order valence-corrected chi connectivity index (χ3v) is 5.73. The summed E-state index contributed by atoms with van der Waals surface area (Å²) >= 11 is 0. The van der Waals surface area contributed by atoms with Crippen LogP contribution in [0.5, 0.6) is 0 Å². The third kappa shape index (κ3) is 6.00. The van der Waals surface area contributed by atoms with Gasteiger partial charge >= 0.3 is 0 Å². The van der Waals surface area contributed by atoms with Gasteiger partial charge in [0.25, 0.3) is 0 Å². The molecule has 25 heavy (non-hydrogen) atoms. The fraction of sp³-hybridized carbons (Fsp3) is 0.750. The molecule has 1 aliphatic rings. The molecule has 0 amide bonds. The SMILES string of the molecule is CN=C(NCc1cc(C(C)C)no1)NCC1CCN(S(C)(=O)=O)CC1. The first-order valence-corrected chi connectivity index (χ1v) is 10.5. The molecule has 9 heteroatoms. The Bertz CT molecular complexity index is 676. The van der Waals surface area contributed by atoms with Gasteiger partial charge < -0.3 is 15.2 Å². The Morgan fingerprint density at radius 1 is 1.40 bits per heavy atom. The van der Waals surface area contributed by atoms with Crippen molar-refractivity contribution in [2.45, 2.75) is 39.2 Å². The molecule has 0 bridgehead atoms. The normalized spacial score (nSPS) is 17.9. The number of nitrogens with zero attached hydrogens (tertiary/aromatic N) is 3. The summed E-state index contributed by atoms with van der Waals surface area (Å²) in [6.07, 6.45) is 2.99. The highest BCUT2D eigenvalue weighted by molar-refractivity contribution is 7.88. The van der Waals surface area contributed by atoms with E-state index in [0.29, 0.717) is 37.4 Å². The van der Waals surface area contributed by atoms with E-state index in [-0.39, 0.29) is 0 Å². The predicted octanol–water partition coefficient (Wildman–Crippen LogP) is 1.13. The summed E-state index contributed by atoms with van der Waals surface area (Å²) in [7, 11) is -1.34. The first-order chi connectivity index (χ1) is 11.8. The fourth-order valence-electron chi connectivity index (χ4n) is 2.76. The van der Waals surface area contributed by atoms with Gasteiger partial charge in [-0.1, -0.05) is 19.0 Å². The lowest BCUT2D eigenvalue weighted by Gasteiger charge is -2.30.